The molecule has 2 aliphatic heterocycles. The molecule has 0 spiro atoms. The lowest BCUT2D eigenvalue weighted by Gasteiger charge is -2.34. The Balaban J connectivity index is 2.05. The van der Waals surface area contributed by atoms with Crippen LogP contribution in [0.4, 0.5) is 0 Å². The molecule has 2 saturated heterocycles. The Morgan fingerprint density at radius 1 is 1.39 bits per heavy atom. The molecule has 9 heteroatoms. The SMILES string of the molecule is C[C@H](NC(=O)[C@]1(CCCCB(O)O)NC[C@@H]2NCC[C@@H]21)C(=O)O. The highest BCUT2D eigenvalue weighted by Crippen LogP contribution is 2.37. The highest BCUT2D eigenvalue weighted by molar-refractivity contribution is 6.40. The first-order valence-electron chi connectivity index (χ1n) is 8.25. The fraction of sp³-hybridized carbons (Fsp3) is 0.857. The molecule has 0 aromatic heterocycles. The first-order valence-corrected chi connectivity index (χ1v) is 8.25. The molecule has 0 aliphatic carbocycles. The number of carboxylic acid groups (broad SMARTS) is 1. The van der Waals surface area contributed by atoms with E-state index in [9.17, 15) is 9.59 Å². The third-order valence-electron chi connectivity index (χ3n) is 5.02. The molecule has 0 saturated carbocycles. The fourth-order valence-corrected chi connectivity index (χ4v) is 3.75. The molecule has 4 atom stereocenters. The van der Waals surface area contributed by atoms with Crippen LogP contribution in [0.25, 0.3) is 0 Å². The lowest BCUT2D eigenvalue weighted by molar-refractivity contribution is -0.142. The van der Waals surface area contributed by atoms with Gasteiger partial charge in [0, 0.05) is 18.5 Å². The number of hydrogen-bond donors (Lipinski definition) is 6. The fourth-order valence-electron chi connectivity index (χ4n) is 3.75. The lowest BCUT2D eigenvalue weighted by Crippen LogP contribution is -2.59. The van der Waals surface area contributed by atoms with Crippen LogP contribution in [0, 0.1) is 5.92 Å². The molecule has 0 aromatic carbocycles. The first-order chi connectivity index (χ1) is 10.9. The zero-order valence-corrected chi connectivity index (χ0v) is 13.4. The van der Waals surface area contributed by atoms with Crippen molar-refractivity contribution in [3.8, 4) is 0 Å². The average molecular weight is 327 g/mol. The van der Waals surface area contributed by atoms with Crippen molar-refractivity contribution in [1.82, 2.24) is 16.0 Å². The van der Waals surface area contributed by atoms with Gasteiger partial charge in [0.25, 0.3) is 0 Å². The zero-order chi connectivity index (χ0) is 17.0. The summed E-state index contributed by atoms with van der Waals surface area (Å²) in [5.41, 5.74) is -0.779. The van der Waals surface area contributed by atoms with E-state index in [-0.39, 0.29) is 24.2 Å². The molecule has 2 aliphatic rings. The Kier molecular flexibility index (Phi) is 6.02. The van der Waals surface area contributed by atoms with Crippen molar-refractivity contribution in [3.05, 3.63) is 0 Å². The van der Waals surface area contributed by atoms with Crippen molar-refractivity contribution in [2.75, 3.05) is 13.1 Å². The molecule has 0 unspecified atom stereocenters. The van der Waals surface area contributed by atoms with E-state index in [2.05, 4.69) is 16.0 Å². The normalized spacial score (nSPS) is 30.7. The Hall–Kier alpha value is -1.16. The van der Waals surface area contributed by atoms with Crippen LogP contribution in [0.1, 0.15) is 32.6 Å². The highest BCUT2D eigenvalue weighted by atomic mass is 16.4. The minimum atomic E-state index is -1.33. The van der Waals surface area contributed by atoms with Gasteiger partial charge in [-0.15, -0.1) is 0 Å². The zero-order valence-electron chi connectivity index (χ0n) is 13.4. The molecule has 130 valence electrons. The van der Waals surface area contributed by atoms with Crippen LogP contribution in [0.2, 0.25) is 6.32 Å². The monoisotopic (exact) mass is 327 g/mol. The van der Waals surface area contributed by atoms with Gasteiger partial charge in [-0.2, -0.15) is 0 Å². The molecule has 0 radical (unpaired) electrons. The average Bonchev–Trinajstić information content (AvgIpc) is 3.06. The minimum Gasteiger partial charge on any atom is -0.480 e. The van der Waals surface area contributed by atoms with Crippen molar-refractivity contribution in [3.63, 3.8) is 0 Å². The summed E-state index contributed by atoms with van der Waals surface area (Å²) in [6, 6.07) is -0.710. The van der Waals surface area contributed by atoms with Gasteiger partial charge in [0.1, 0.15) is 11.6 Å². The Labute approximate surface area is 136 Å². The molecule has 0 bridgehead atoms. The van der Waals surface area contributed by atoms with Gasteiger partial charge < -0.3 is 31.1 Å². The van der Waals surface area contributed by atoms with Crippen LogP contribution >= 0.6 is 0 Å². The van der Waals surface area contributed by atoms with Gasteiger partial charge in [0.05, 0.1) is 0 Å². The number of hydrogen-bond acceptors (Lipinski definition) is 6. The van der Waals surface area contributed by atoms with E-state index < -0.39 is 24.7 Å². The van der Waals surface area contributed by atoms with Gasteiger partial charge in [-0.05, 0) is 32.6 Å². The molecule has 0 aromatic rings. The van der Waals surface area contributed by atoms with E-state index in [1.807, 2.05) is 0 Å². The summed E-state index contributed by atoms with van der Waals surface area (Å²) in [7, 11) is -1.33. The molecule has 6 N–H and O–H groups in total. The van der Waals surface area contributed by atoms with Gasteiger partial charge in [-0.25, -0.2) is 0 Å². The molecule has 2 fully saturated rings. The van der Waals surface area contributed by atoms with Crippen molar-refractivity contribution in [2.45, 2.75) is 56.5 Å². The summed E-state index contributed by atoms with van der Waals surface area (Å²) in [4.78, 5) is 23.8. The number of nitrogens with one attached hydrogen (secondary N) is 3. The standard InChI is InChI=1S/C14H26BN3O5/c1-9(12(19)20)18-13(21)14(5-2-3-6-15(22)23)10-4-7-16-11(10)8-17-14/h9-11,16-17,22-23H,2-8H2,1H3,(H,18,21)(H,19,20)/t9-,10-,11-,14+/m0/s1. The number of unbranched alkanes of at least 4 members (excludes halogenated alkanes) is 1. The van der Waals surface area contributed by atoms with Crippen LogP contribution in [0.3, 0.4) is 0 Å². The van der Waals surface area contributed by atoms with Gasteiger partial charge >= 0.3 is 13.1 Å². The van der Waals surface area contributed by atoms with Crippen molar-refractivity contribution >= 4 is 19.0 Å². The van der Waals surface area contributed by atoms with Crippen molar-refractivity contribution < 1.29 is 24.7 Å². The second-order valence-electron chi connectivity index (χ2n) is 6.57. The number of carbonyl (C=O) groups is 2. The number of amides is 1. The second-order valence-corrected chi connectivity index (χ2v) is 6.57. The summed E-state index contributed by atoms with van der Waals surface area (Å²) >= 11 is 0. The second kappa shape index (κ2) is 7.61. The van der Waals surface area contributed by atoms with Gasteiger partial charge in [0.15, 0.2) is 0 Å². The topological polar surface area (TPSA) is 131 Å². The number of carboxylic acids is 1. The smallest absolute Gasteiger partial charge is 0.451 e. The third-order valence-corrected chi connectivity index (χ3v) is 5.02. The van der Waals surface area contributed by atoms with E-state index in [0.717, 1.165) is 13.0 Å². The molecule has 23 heavy (non-hydrogen) atoms. The Morgan fingerprint density at radius 3 is 2.78 bits per heavy atom. The maximum absolute atomic E-state index is 12.8. The van der Waals surface area contributed by atoms with E-state index in [0.29, 0.717) is 25.8 Å². The van der Waals surface area contributed by atoms with Crippen molar-refractivity contribution in [2.24, 2.45) is 5.92 Å². The van der Waals surface area contributed by atoms with E-state index >= 15 is 0 Å². The summed E-state index contributed by atoms with van der Waals surface area (Å²) in [6.07, 6.45) is 2.97. The molecular weight excluding hydrogens is 301 g/mol. The van der Waals surface area contributed by atoms with E-state index in [4.69, 9.17) is 15.2 Å². The quantitative estimate of drug-likeness (QED) is 0.237. The number of rotatable bonds is 8. The largest absolute Gasteiger partial charge is 0.480 e. The molecule has 2 rings (SSSR count). The summed E-state index contributed by atoms with van der Waals surface area (Å²) in [5.74, 6) is -1.20. The van der Waals surface area contributed by atoms with Crippen LogP contribution in [-0.2, 0) is 9.59 Å². The maximum Gasteiger partial charge on any atom is 0.451 e. The van der Waals surface area contributed by atoms with Crippen LogP contribution < -0.4 is 16.0 Å². The molecule has 1 amide bonds. The predicted octanol–water partition coefficient (Wildman–Crippen LogP) is -1.46. The maximum atomic E-state index is 12.8. The van der Waals surface area contributed by atoms with E-state index in [1.54, 1.807) is 0 Å². The first kappa shape index (κ1) is 18.2. The summed E-state index contributed by atoms with van der Waals surface area (Å²) in [6.45, 7) is 2.99. The minimum absolute atomic E-state index is 0.127. The predicted molar refractivity (Wildman–Crippen MR) is 84.7 cm³/mol. The van der Waals surface area contributed by atoms with Crippen LogP contribution in [-0.4, -0.2) is 64.9 Å². The number of carbonyl (C=O) groups excluding carboxylic acids is 1. The molecular formula is C14H26BN3O5. The van der Waals surface area contributed by atoms with Gasteiger partial charge in [-0.1, -0.05) is 12.8 Å². The molecule has 8 nitrogen and oxygen atoms in total. The number of aliphatic carboxylic acids is 1. The van der Waals surface area contributed by atoms with E-state index in [1.165, 1.54) is 6.92 Å². The van der Waals surface area contributed by atoms with Gasteiger partial charge in [0.2, 0.25) is 5.91 Å². The van der Waals surface area contributed by atoms with Crippen LogP contribution in [0.5, 0.6) is 0 Å². The summed E-state index contributed by atoms with van der Waals surface area (Å²) < 4.78 is 0. The van der Waals surface area contributed by atoms with Gasteiger partial charge in [-0.3, -0.25) is 9.59 Å². The number of fused-ring (bicyclic) bond motifs is 1. The highest BCUT2D eigenvalue weighted by Gasteiger charge is 2.54. The summed E-state index contributed by atoms with van der Waals surface area (Å²) in [5, 5.41) is 36.2. The van der Waals surface area contributed by atoms with Crippen LogP contribution in [0.15, 0.2) is 0 Å². The Morgan fingerprint density at radius 2 is 2.13 bits per heavy atom. The Bertz CT molecular complexity index is 450. The lowest BCUT2D eigenvalue weighted by atomic mass is 9.76. The van der Waals surface area contributed by atoms with Crippen molar-refractivity contribution in [1.29, 1.82) is 0 Å². The third kappa shape index (κ3) is 4.03. The molecule has 2 heterocycles.